The normalized spacial score (nSPS) is 14.2. The lowest BCUT2D eigenvalue weighted by atomic mass is 10.1. The van der Waals surface area contributed by atoms with Crippen LogP contribution < -0.4 is 19.1 Å². The predicted molar refractivity (Wildman–Crippen MR) is 130 cm³/mol. The van der Waals surface area contributed by atoms with E-state index in [1.807, 2.05) is 12.1 Å². The molecule has 33 heavy (non-hydrogen) atoms. The summed E-state index contributed by atoms with van der Waals surface area (Å²) in [7, 11) is -0.975. The zero-order valence-electron chi connectivity index (χ0n) is 19.1. The number of nitrogens with zero attached hydrogens (tertiary/aromatic N) is 2. The number of ether oxygens (including phenoxy) is 2. The largest absolute Gasteiger partial charge is 0.495 e. The first-order valence-corrected chi connectivity index (χ1v) is 12.9. The van der Waals surface area contributed by atoms with Gasteiger partial charge in [-0.15, -0.1) is 0 Å². The summed E-state index contributed by atoms with van der Waals surface area (Å²) in [6.07, 6.45) is 3.50. The van der Waals surface area contributed by atoms with Crippen LogP contribution in [-0.4, -0.2) is 59.3 Å². The van der Waals surface area contributed by atoms with Crippen molar-refractivity contribution in [1.29, 1.82) is 0 Å². The monoisotopic (exact) mass is 495 g/mol. The van der Waals surface area contributed by atoms with E-state index < -0.39 is 22.5 Å². The zero-order chi connectivity index (χ0) is 24.0. The maximum atomic E-state index is 12.7. The number of hydrogen-bond acceptors (Lipinski definition) is 6. The van der Waals surface area contributed by atoms with Crippen LogP contribution in [0, 0.1) is 0 Å². The number of nitrogens with one attached hydrogen (secondary N) is 1. The Balaban J connectivity index is 1.71. The van der Waals surface area contributed by atoms with Crippen molar-refractivity contribution in [2.75, 3.05) is 44.4 Å². The van der Waals surface area contributed by atoms with E-state index in [0.717, 1.165) is 35.8 Å². The van der Waals surface area contributed by atoms with E-state index in [0.29, 0.717) is 6.54 Å². The molecule has 2 aromatic rings. The molecule has 0 aromatic heterocycles. The number of anilines is 1. The number of carbonyl (C=O) groups excluding carboxylic acids is 1. The molecule has 10 heteroatoms. The average molecular weight is 496 g/mol. The number of sulfonamides is 1. The lowest BCUT2D eigenvalue weighted by Crippen LogP contribution is -2.40. The quantitative estimate of drug-likeness (QED) is 0.545. The highest BCUT2D eigenvalue weighted by atomic mass is 35.5. The van der Waals surface area contributed by atoms with Crippen molar-refractivity contribution >= 4 is 33.2 Å². The summed E-state index contributed by atoms with van der Waals surface area (Å²) in [5.41, 5.74) is 2.32. The van der Waals surface area contributed by atoms with Crippen LogP contribution >= 0.6 is 11.6 Å². The van der Waals surface area contributed by atoms with Gasteiger partial charge in [-0.3, -0.25) is 14.0 Å². The molecule has 0 spiro atoms. The van der Waals surface area contributed by atoms with Crippen molar-refractivity contribution in [1.82, 2.24) is 10.2 Å². The fraction of sp³-hybridized carbons (Fsp3) is 0.435. The van der Waals surface area contributed by atoms with E-state index in [1.54, 1.807) is 0 Å². The molecule has 1 aliphatic heterocycles. The Morgan fingerprint density at radius 1 is 1.09 bits per heavy atom. The van der Waals surface area contributed by atoms with Crippen LogP contribution in [0.5, 0.6) is 11.5 Å². The fourth-order valence-electron chi connectivity index (χ4n) is 3.84. The summed E-state index contributed by atoms with van der Waals surface area (Å²) >= 11 is 6.13. The summed E-state index contributed by atoms with van der Waals surface area (Å²) in [5.74, 6) is 0.0475. The smallest absolute Gasteiger partial charge is 0.241 e. The van der Waals surface area contributed by atoms with E-state index in [9.17, 15) is 13.2 Å². The maximum absolute atomic E-state index is 12.7. The van der Waals surface area contributed by atoms with Gasteiger partial charge in [0.25, 0.3) is 0 Å². The second kappa shape index (κ2) is 11.1. The maximum Gasteiger partial charge on any atom is 0.241 e. The Morgan fingerprint density at radius 2 is 1.76 bits per heavy atom. The minimum atomic E-state index is -3.80. The van der Waals surface area contributed by atoms with Gasteiger partial charge in [0.1, 0.15) is 18.0 Å². The third-order valence-electron chi connectivity index (χ3n) is 5.50. The van der Waals surface area contributed by atoms with Gasteiger partial charge in [-0.2, -0.15) is 0 Å². The lowest BCUT2D eigenvalue weighted by Gasteiger charge is -2.24. The minimum Gasteiger partial charge on any atom is -0.495 e. The van der Waals surface area contributed by atoms with E-state index in [2.05, 4.69) is 22.3 Å². The van der Waals surface area contributed by atoms with Gasteiger partial charge in [-0.05, 0) is 37.1 Å². The van der Waals surface area contributed by atoms with Gasteiger partial charge in [-0.1, -0.05) is 35.9 Å². The molecule has 1 N–H and O–H groups in total. The van der Waals surface area contributed by atoms with Crippen molar-refractivity contribution < 1.29 is 22.7 Å². The van der Waals surface area contributed by atoms with E-state index >= 15 is 0 Å². The second-order valence-corrected chi connectivity index (χ2v) is 10.3. The molecule has 1 aliphatic rings. The van der Waals surface area contributed by atoms with Gasteiger partial charge >= 0.3 is 0 Å². The molecule has 0 bridgehead atoms. The van der Waals surface area contributed by atoms with Gasteiger partial charge in [0.05, 0.1) is 31.2 Å². The molecule has 0 atom stereocenters. The molecule has 0 radical (unpaired) electrons. The summed E-state index contributed by atoms with van der Waals surface area (Å²) in [6.45, 7) is 3.00. The van der Waals surface area contributed by atoms with Crippen molar-refractivity contribution in [2.45, 2.75) is 25.9 Å². The molecule has 1 amide bonds. The zero-order valence-corrected chi connectivity index (χ0v) is 20.7. The molecule has 180 valence electrons. The number of benzene rings is 2. The van der Waals surface area contributed by atoms with E-state index in [-0.39, 0.29) is 22.2 Å². The van der Waals surface area contributed by atoms with Gasteiger partial charge in [0.15, 0.2) is 0 Å². The highest BCUT2D eigenvalue weighted by molar-refractivity contribution is 7.92. The number of halogens is 1. The summed E-state index contributed by atoms with van der Waals surface area (Å²) < 4.78 is 36.5. The van der Waals surface area contributed by atoms with Crippen LogP contribution in [-0.2, 0) is 27.9 Å². The molecule has 1 heterocycles. The van der Waals surface area contributed by atoms with Crippen molar-refractivity contribution in [2.24, 2.45) is 0 Å². The molecule has 0 saturated carbocycles. The van der Waals surface area contributed by atoms with Crippen molar-refractivity contribution in [3.8, 4) is 11.5 Å². The van der Waals surface area contributed by atoms with Gasteiger partial charge in [0, 0.05) is 25.2 Å². The number of rotatable bonds is 10. The fourth-order valence-corrected chi connectivity index (χ4v) is 4.93. The Morgan fingerprint density at radius 3 is 2.39 bits per heavy atom. The molecule has 3 rings (SSSR count). The van der Waals surface area contributed by atoms with Crippen LogP contribution in [0.3, 0.4) is 0 Å². The molecule has 2 aromatic carbocycles. The lowest BCUT2D eigenvalue weighted by molar-refractivity contribution is -0.119. The van der Waals surface area contributed by atoms with Crippen LogP contribution in [0.4, 0.5) is 5.69 Å². The van der Waals surface area contributed by atoms with Gasteiger partial charge < -0.3 is 14.8 Å². The topological polar surface area (TPSA) is 88.2 Å². The number of likely N-dealkylation sites (tertiary alicyclic amines) is 1. The standard InChI is InChI=1S/C23H30ClN3O5S/c1-31-21-13-20(22(32-2)12-19(21)24)27(33(3,29)30)16-23(28)25-14-17-7-6-8-18(11-17)15-26-9-4-5-10-26/h6-8,11-13H,4-5,9-10,14-16H2,1-3H3,(H,25,28). The first-order valence-electron chi connectivity index (χ1n) is 10.7. The predicted octanol–water partition coefficient (Wildman–Crippen LogP) is 3.04. The number of carbonyl (C=O) groups is 1. The first-order chi connectivity index (χ1) is 15.7. The number of methoxy groups -OCH3 is 2. The van der Waals surface area contributed by atoms with Crippen molar-refractivity contribution in [3.05, 3.63) is 52.5 Å². The van der Waals surface area contributed by atoms with Crippen LogP contribution in [0.2, 0.25) is 5.02 Å². The highest BCUT2D eigenvalue weighted by Gasteiger charge is 2.25. The highest BCUT2D eigenvalue weighted by Crippen LogP contribution is 2.38. The van der Waals surface area contributed by atoms with Crippen LogP contribution in [0.15, 0.2) is 36.4 Å². The molecule has 8 nitrogen and oxygen atoms in total. The molecule has 0 aliphatic carbocycles. The van der Waals surface area contributed by atoms with E-state index in [4.69, 9.17) is 21.1 Å². The Kier molecular flexibility index (Phi) is 8.45. The van der Waals surface area contributed by atoms with E-state index in [1.165, 1.54) is 44.8 Å². The van der Waals surface area contributed by atoms with Gasteiger partial charge in [-0.25, -0.2) is 8.42 Å². The van der Waals surface area contributed by atoms with Crippen molar-refractivity contribution in [3.63, 3.8) is 0 Å². The summed E-state index contributed by atoms with van der Waals surface area (Å²) in [5, 5.41) is 3.08. The molecule has 1 fully saturated rings. The first kappa shape index (κ1) is 25.1. The molecular weight excluding hydrogens is 466 g/mol. The third-order valence-corrected chi connectivity index (χ3v) is 6.92. The minimum absolute atomic E-state index is 0.170. The second-order valence-electron chi connectivity index (χ2n) is 8.01. The average Bonchev–Trinajstić information content (AvgIpc) is 3.28. The SMILES string of the molecule is COc1cc(N(CC(=O)NCc2cccc(CN3CCCC3)c2)S(C)(=O)=O)c(OC)cc1Cl. The number of hydrogen-bond donors (Lipinski definition) is 1. The summed E-state index contributed by atoms with van der Waals surface area (Å²) in [6, 6.07) is 11.0. The van der Waals surface area contributed by atoms with Crippen LogP contribution in [0.25, 0.3) is 0 Å². The molecule has 0 unspecified atom stereocenters. The Labute approximate surface area is 200 Å². The molecule has 1 saturated heterocycles. The Hall–Kier alpha value is -2.49. The van der Waals surface area contributed by atoms with Gasteiger partial charge in [0.2, 0.25) is 15.9 Å². The van der Waals surface area contributed by atoms with Crippen LogP contribution in [0.1, 0.15) is 24.0 Å². The Bertz CT molecular complexity index is 1090. The number of amides is 1. The molecular formula is C23H30ClN3O5S. The summed E-state index contributed by atoms with van der Waals surface area (Å²) in [4.78, 5) is 15.1. The third kappa shape index (κ3) is 6.75.